The van der Waals surface area contributed by atoms with Crippen molar-refractivity contribution in [2.75, 3.05) is 17.3 Å². The quantitative estimate of drug-likeness (QED) is 0.547. The monoisotopic (exact) mass is 382 g/mol. The van der Waals surface area contributed by atoms with E-state index in [1.807, 2.05) is 24.3 Å². The number of anilines is 2. The van der Waals surface area contributed by atoms with E-state index in [-0.39, 0.29) is 17.7 Å². The van der Waals surface area contributed by atoms with Crippen LogP contribution in [0.3, 0.4) is 0 Å². The highest BCUT2D eigenvalue weighted by molar-refractivity contribution is 6.11. The molecule has 4 nitrogen and oxygen atoms in total. The van der Waals surface area contributed by atoms with Crippen LogP contribution < -0.4 is 10.2 Å². The zero-order chi connectivity index (χ0) is 20.0. The van der Waals surface area contributed by atoms with Gasteiger partial charge in [0.25, 0.3) is 5.91 Å². The Kier molecular flexibility index (Phi) is 4.20. The van der Waals surface area contributed by atoms with Crippen molar-refractivity contribution in [2.24, 2.45) is 5.92 Å². The first-order valence-corrected chi connectivity index (χ1v) is 10.0. The predicted molar refractivity (Wildman–Crippen MR) is 115 cm³/mol. The molecule has 29 heavy (non-hydrogen) atoms. The highest BCUT2D eigenvalue weighted by Crippen LogP contribution is 2.38. The smallest absolute Gasteiger partial charge is 0.257 e. The zero-order valence-electron chi connectivity index (χ0n) is 16.3. The summed E-state index contributed by atoms with van der Waals surface area (Å²) < 4.78 is 0. The van der Waals surface area contributed by atoms with Crippen LogP contribution >= 0.6 is 0 Å². The minimum atomic E-state index is -0.202. The molecule has 0 aromatic heterocycles. The standard InChI is InChI=1S/C25H22N2O2/c1-27(25(29)16-10-11-16)23-9-5-4-8-22(23)24(28)26-19-12-13-21-18(15-19)14-17-6-2-3-7-20(17)21/h2-9,12-13,15-16H,10-11,14H2,1H3,(H,26,28). The molecule has 0 radical (unpaired) electrons. The normalized spacial score (nSPS) is 14.1. The summed E-state index contributed by atoms with van der Waals surface area (Å²) >= 11 is 0. The average Bonchev–Trinajstić information content (AvgIpc) is 3.53. The molecule has 0 saturated heterocycles. The molecular weight excluding hydrogens is 360 g/mol. The molecule has 0 unspecified atom stereocenters. The summed E-state index contributed by atoms with van der Waals surface area (Å²) in [5.74, 6) is -0.0125. The topological polar surface area (TPSA) is 49.4 Å². The first kappa shape index (κ1) is 17.7. The molecule has 0 aliphatic heterocycles. The first-order valence-electron chi connectivity index (χ1n) is 10.0. The maximum absolute atomic E-state index is 13.0. The lowest BCUT2D eigenvalue weighted by Crippen LogP contribution is -2.29. The van der Waals surface area contributed by atoms with E-state index in [1.165, 1.54) is 22.3 Å². The van der Waals surface area contributed by atoms with E-state index in [4.69, 9.17) is 0 Å². The summed E-state index contributed by atoms with van der Waals surface area (Å²) in [5.41, 5.74) is 6.96. The second-order valence-electron chi connectivity index (χ2n) is 7.85. The second kappa shape index (κ2) is 6.89. The van der Waals surface area contributed by atoms with Crippen molar-refractivity contribution in [1.82, 2.24) is 0 Å². The van der Waals surface area contributed by atoms with E-state index in [9.17, 15) is 9.59 Å². The van der Waals surface area contributed by atoms with Crippen LogP contribution in [-0.2, 0) is 11.2 Å². The fourth-order valence-corrected chi connectivity index (χ4v) is 4.10. The van der Waals surface area contributed by atoms with Crippen LogP contribution in [0.2, 0.25) is 0 Å². The summed E-state index contributed by atoms with van der Waals surface area (Å²) in [4.78, 5) is 27.1. The molecule has 2 aliphatic carbocycles. The number of carbonyl (C=O) groups is 2. The van der Waals surface area contributed by atoms with Crippen LogP contribution in [0.1, 0.15) is 34.3 Å². The molecule has 4 heteroatoms. The molecule has 144 valence electrons. The zero-order valence-corrected chi connectivity index (χ0v) is 16.3. The van der Waals surface area contributed by atoms with Gasteiger partial charge in [0.15, 0.2) is 0 Å². The van der Waals surface area contributed by atoms with Crippen LogP contribution in [0.25, 0.3) is 11.1 Å². The van der Waals surface area contributed by atoms with E-state index < -0.39 is 0 Å². The number of fused-ring (bicyclic) bond motifs is 3. The molecule has 0 atom stereocenters. The molecule has 2 aliphatic rings. The van der Waals surface area contributed by atoms with Gasteiger partial charge in [0.1, 0.15) is 0 Å². The van der Waals surface area contributed by atoms with Gasteiger partial charge in [0.05, 0.1) is 11.3 Å². The molecular formula is C25H22N2O2. The van der Waals surface area contributed by atoms with E-state index >= 15 is 0 Å². The Bertz CT molecular complexity index is 1130. The van der Waals surface area contributed by atoms with Gasteiger partial charge in [-0.15, -0.1) is 0 Å². The van der Waals surface area contributed by atoms with Crippen molar-refractivity contribution < 1.29 is 9.59 Å². The minimum Gasteiger partial charge on any atom is -0.322 e. The molecule has 5 rings (SSSR count). The van der Waals surface area contributed by atoms with Gasteiger partial charge in [-0.2, -0.15) is 0 Å². The van der Waals surface area contributed by atoms with Gasteiger partial charge in [-0.25, -0.2) is 0 Å². The number of carbonyl (C=O) groups excluding carboxylic acids is 2. The van der Waals surface area contributed by atoms with E-state index in [1.54, 1.807) is 18.0 Å². The predicted octanol–water partition coefficient (Wildman–Crippen LogP) is 4.88. The SMILES string of the molecule is CN(C(=O)C1CC1)c1ccccc1C(=O)Nc1ccc2c(c1)Cc1ccccc1-2. The Morgan fingerprint density at radius 2 is 1.62 bits per heavy atom. The lowest BCUT2D eigenvalue weighted by Gasteiger charge is -2.20. The van der Waals surface area contributed by atoms with E-state index in [0.29, 0.717) is 11.3 Å². The van der Waals surface area contributed by atoms with Gasteiger partial charge in [-0.3, -0.25) is 9.59 Å². The lowest BCUT2D eigenvalue weighted by molar-refractivity contribution is -0.119. The molecule has 1 fully saturated rings. The molecule has 3 aromatic carbocycles. The third-order valence-electron chi connectivity index (χ3n) is 5.82. The van der Waals surface area contributed by atoms with Crippen LogP contribution in [-0.4, -0.2) is 18.9 Å². The third-order valence-corrected chi connectivity index (χ3v) is 5.82. The molecule has 1 N–H and O–H groups in total. The van der Waals surface area contributed by atoms with Gasteiger partial charge in [-0.05, 0) is 65.8 Å². The maximum atomic E-state index is 13.0. The van der Waals surface area contributed by atoms with E-state index in [0.717, 1.165) is 24.9 Å². The van der Waals surface area contributed by atoms with Crippen molar-refractivity contribution in [3.63, 3.8) is 0 Å². The van der Waals surface area contributed by atoms with Crippen LogP contribution in [0.15, 0.2) is 66.7 Å². The van der Waals surface area contributed by atoms with E-state index in [2.05, 4.69) is 41.7 Å². The Balaban J connectivity index is 1.39. The number of benzene rings is 3. The Hall–Kier alpha value is -3.40. The van der Waals surface area contributed by atoms with Crippen LogP contribution in [0.5, 0.6) is 0 Å². The number of amides is 2. The molecule has 2 amide bonds. The largest absolute Gasteiger partial charge is 0.322 e. The summed E-state index contributed by atoms with van der Waals surface area (Å²) in [5, 5.41) is 3.02. The number of nitrogens with one attached hydrogen (secondary N) is 1. The van der Waals surface area contributed by atoms with Gasteiger partial charge in [0.2, 0.25) is 5.91 Å². The number of rotatable bonds is 4. The van der Waals surface area contributed by atoms with Crippen molar-refractivity contribution in [3.05, 3.63) is 83.4 Å². The van der Waals surface area contributed by atoms with Crippen LogP contribution in [0, 0.1) is 5.92 Å². The Morgan fingerprint density at radius 1 is 0.897 bits per heavy atom. The fraction of sp³-hybridized carbons (Fsp3) is 0.200. The summed E-state index contributed by atoms with van der Waals surface area (Å²) in [6.07, 6.45) is 2.76. The molecule has 0 spiro atoms. The second-order valence-corrected chi connectivity index (χ2v) is 7.85. The third kappa shape index (κ3) is 3.21. The van der Waals surface area contributed by atoms with Gasteiger partial charge >= 0.3 is 0 Å². The Morgan fingerprint density at radius 3 is 2.45 bits per heavy atom. The summed E-state index contributed by atoms with van der Waals surface area (Å²) in [6.45, 7) is 0. The summed E-state index contributed by atoms with van der Waals surface area (Å²) in [6, 6.07) is 21.8. The highest BCUT2D eigenvalue weighted by atomic mass is 16.2. The molecule has 3 aromatic rings. The van der Waals surface area contributed by atoms with Gasteiger partial charge < -0.3 is 10.2 Å². The minimum absolute atomic E-state index is 0.0838. The molecule has 1 saturated carbocycles. The van der Waals surface area contributed by atoms with Crippen LogP contribution in [0.4, 0.5) is 11.4 Å². The van der Waals surface area contributed by atoms with Crippen molar-refractivity contribution in [1.29, 1.82) is 0 Å². The van der Waals surface area contributed by atoms with Crippen molar-refractivity contribution in [3.8, 4) is 11.1 Å². The summed E-state index contributed by atoms with van der Waals surface area (Å²) in [7, 11) is 1.75. The first-order chi connectivity index (χ1) is 14.1. The van der Waals surface area contributed by atoms with Crippen molar-refractivity contribution in [2.45, 2.75) is 19.3 Å². The highest BCUT2D eigenvalue weighted by Gasteiger charge is 2.33. The Labute approximate surface area is 170 Å². The maximum Gasteiger partial charge on any atom is 0.257 e. The van der Waals surface area contributed by atoms with Gasteiger partial charge in [-0.1, -0.05) is 42.5 Å². The molecule has 0 heterocycles. The fourth-order valence-electron chi connectivity index (χ4n) is 4.10. The number of hydrogen-bond donors (Lipinski definition) is 1. The lowest BCUT2D eigenvalue weighted by atomic mass is 10.1. The number of nitrogens with zero attached hydrogens (tertiary/aromatic N) is 1. The average molecular weight is 382 g/mol. The van der Waals surface area contributed by atoms with Crippen molar-refractivity contribution >= 4 is 23.2 Å². The number of hydrogen-bond acceptors (Lipinski definition) is 2. The number of para-hydroxylation sites is 1. The molecule has 0 bridgehead atoms. The van der Waals surface area contributed by atoms with Gasteiger partial charge in [0, 0.05) is 18.7 Å².